The minimum absolute atomic E-state index is 0.0235. The van der Waals surface area contributed by atoms with Crippen LogP contribution in [0.1, 0.15) is 31.1 Å². The first-order chi connectivity index (χ1) is 14.7. The van der Waals surface area contributed by atoms with E-state index in [-0.39, 0.29) is 21.3 Å². The van der Waals surface area contributed by atoms with Crippen molar-refractivity contribution in [3.63, 3.8) is 0 Å². The Balaban J connectivity index is 1.71. The molecule has 0 fully saturated rings. The van der Waals surface area contributed by atoms with Gasteiger partial charge in [0, 0.05) is 11.1 Å². The van der Waals surface area contributed by atoms with Gasteiger partial charge < -0.3 is 4.74 Å². The molecule has 0 unspecified atom stereocenters. The summed E-state index contributed by atoms with van der Waals surface area (Å²) >= 11 is 1.07. The van der Waals surface area contributed by atoms with Gasteiger partial charge in [0.1, 0.15) is 5.75 Å². The lowest BCUT2D eigenvalue weighted by atomic mass is 10.1. The quantitative estimate of drug-likeness (QED) is 0.531. The molecule has 1 heterocycles. The van der Waals surface area contributed by atoms with E-state index in [0.29, 0.717) is 10.2 Å². The summed E-state index contributed by atoms with van der Waals surface area (Å²) in [5.41, 5.74) is 0.0480. The number of anilines is 1. The maximum atomic E-state index is 12.5. The van der Waals surface area contributed by atoms with Gasteiger partial charge in [0.05, 0.1) is 15.1 Å². The van der Waals surface area contributed by atoms with Crippen LogP contribution in [0.4, 0.5) is 18.3 Å². The van der Waals surface area contributed by atoms with Crippen LogP contribution in [0.3, 0.4) is 0 Å². The molecular weight excluding hydrogens is 467 g/mol. The van der Waals surface area contributed by atoms with Crippen molar-refractivity contribution in [2.75, 3.05) is 11.9 Å². The number of benzene rings is 2. The summed E-state index contributed by atoms with van der Waals surface area (Å²) in [5, 5.41) is 2.84. The zero-order valence-electron chi connectivity index (χ0n) is 17.3. The van der Waals surface area contributed by atoms with Crippen molar-refractivity contribution < 1.29 is 31.1 Å². The van der Waals surface area contributed by atoms with E-state index >= 15 is 0 Å². The number of nitrogens with zero attached hydrogens (tertiary/aromatic N) is 1. The molecule has 1 amide bonds. The molecule has 0 radical (unpaired) electrons. The first kappa shape index (κ1) is 24.0. The highest BCUT2D eigenvalue weighted by Crippen LogP contribution is 2.30. The molecule has 1 aromatic heterocycles. The van der Waals surface area contributed by atoms with Crippen LogP contribution >= 0.6 is 11.3 Å². The zero-order valence-corrected chi connectivity index (χ0v) is 18.9. The Morgan fingerprint density at radius 1 is 1.09 bits per heavy atom. The van der Waals surface area contributed by atoms with Crippen molar-refractivity contribution in [1.29, 1.82) is 0 Å². The molecule has 2 aromatic carbocycles. The first-order valence-corrected chi connectivity index (χ1v) is 11.6. The number of amides is 1. The molecule has 0 atom stereocenters. The molecule has 172 valence electrons. The van der Waals surface area contributed by atoms with Gasteiger partial charge in [-0.15, -0.1) is 0 Å². The van der Waals surface area contributed by atoms with E-state index in [9.17, 15) is 26.4 Å². The van der Waals surface area contributed by atoms with Gasteiger partial charge >= 0.3 is 6.18 Å². The van der Waals surface area contributed by atoms with Crippen molar-refractivity contribution >= 4 is 42.6 Å². The van der Waals surface area contributed by atoms with Crippen molar-refractivity contribution in [2.24, 2.45) is 0 Å². The molecule has 0 bridgehead atoms. The van der Waals surface area contributed by atoms with Crippen molar-refractivity contribution in [2.45, 2.75) is 37.4 Å². The van der Waals surface area contributed by atoms with Crippen LogP contribution in [0.2, 0.25) is 0 Å². The van der Waals surface area contributed by atoms with Gasteiger partial charge in [-0.25, -0.2) is 18.1 Å². The molecule has 0 aliphatic heterocycles. The van der Waals surface area contributed by atoms with E-state index in [1.165, 1.54) is 42.5 Å². The average Bonchev–Trinajstić information content (AvgIpc) is 3.05. The van der Waals surface area contributed by atoms with E-state index in [1.54, 1.807) is 20.8 Å². The second kappa shape index (κ2) is 8.68. The molecule has 2 N–H and O–H groups in total. The number of carbonyl (C=O) groups is 1. The molecule has 32 heavy (non-hydrogen) atoms. The van der Waals surface area contributed by atoms with Crippen LogP contribution in [-0.4, -0.2) is 37.6 Å². The predicted molar refractivity (Wildman–Crippen MR) is 116 cm³/mol. The summed E-state index contributed by atoms with van der Waals surface area (Å²) in [6.07, 6.45) is -4.44. The van der Waals surface area contributed by atoms with Gasteiger partial charge in [-0.2, -0.15) is 13.2 Å². The number of sulfonamides is 1. The summed E-state index contributed by atoms with van der Waals surface area (Å²) in [7, 11) is -3.73. The fourth-order valence-corrected chi connectivity index (χ4v) is 4.94. The Hall–Kier alpha value is -2.70. The highest BCUT2D eigenvalue weighted by Gasteiger charge is 2.28. The standard InChI is InChI=1S/C20H20F3N3O4S2/c1-19(2,3)26-32(28,29)14-7-4-12(5-8-14)17(27)25-18-24-15-9-6-13(10-16(15)31-18)30-11-20(21,22)23/h4-10,26H,11H2,1-3H3,(H,24,25,27). The number of hydrogen-bond acceptors (Lipinski definition) is 6. The average molecular weight is 488 g/mol. The highest BCUT2D eigenvalue weighted by atomic mass is 32.2. The highest BCUT2D eigenvalue weighted by molar-refractivity contribution is 7.89. The van der Waals surface area contributed by atoms with Crippen molar-refractivity contribution in [1.82, 2.24) is 9.71 Å². The minimum atomic E-state index is -4.44. The van der Waals surface area contributed by atoms with E-state index in [1.807, 2.05) is 0 Å². The maximum Gasteiger partial charge on any atom is 0.422 e. The molecule has 0 aliphatic carbocycles. The largest absolute Gasteiger partial charge is 0.484 e. The van der Waals surface area contributed by atoms with Crippen molar-refractivity contribution in [3.8, 4) is 5.75 Å². The number of nitrogens with one attached hydrogen (secondary N) is 2. The van der Waals surface area contributed by atoms with E-state index < -0.39 is 34.3 Å². The van der Waals surface area contributed by atoms with Crippen LogP contribution in [0, 0.1) is 0 Å². The molecule has 0 spiro atoms. The van der Waals surface area contributed by atoms with Crippen LogP contribution in [0.25, 0.3) is 10.2 Å². The number of aromatic nitrogens is 1. The second-order valence-electron chi connectivity index (χ2n) is 7.89. The van der Waals surface area contributed by atoms with E-state index in [2.05, 4.69) is 15.0 Å². The lowest BCUT2D eigenvalue weighted by Crippen LogP contribution is -2.40. The van der Waals surface area contributed by atoms with Gasteiger partial charge in [0.25, 0.3) is 5.91 Å². The summed E-state index contributed by atoms with van der Waals surface area (Å²) in [6, 6.07) is 9.68. The third kappa shape index (κ3) is 6.40. The van der Waals surface area contributed by atoms with E-state index in [4.69, 9.17) is 4.74 Å². The zero-order chi connectivity index (χ0) is 23.7. The lowest BCUT2D eigenvalue weighted by Gasteiger charge is -2.20. The second-order valence-corrected chi connectivity index (χ2v) is 10.6. The Morgan fingerprint density at radius 2 is 1.75 bits per heavy atom. The lowest BCUT2D eigenvalue weighted by molar-refractivity contribution is -0.153. The Bertz CT molecular complexity index is 1230. The van der Waals surface area contributed by atoms with Crippen LogP contribution in [0.5, 0.6) is 5.75 Å². The topological polar surface area (TPSA) is 97.4 Å². The summed E-state index contributed by atoms with van der Waals surface area (Å²) < 4.78 is 69.4. The summed E-state index contributed by atoms with van der Waals surface area (Å²) in [6.45, 7) is 3.75. The summed E-state index contributed by atoms with van der Waals surface area (Å²) in [5.74, 6) is -0.470. The van der Waals surface area contributed by atoms with Gasteiger partial charge in [0.2, 0.25) is 10.0 Å². The Morgan fingerprint density at radius 3 is 2.34 bits per heavy atom. The van der Waals surface area contributed by atoms with Crippen LogP contribution in [-0.2, 0) is 10.0 Å². The molecular formula is C20H20F3N3O4S2. The van der Waals surface area contributed by atoms with Crippen LogP contribution < -0.4 is 14.8 Å². The minimum Gasteiger partial charge on any atom is -0.484 e. The van der Waals surface area contributed by atoms with Gasteiger partial charge in [0.15, 0.2) is 11.7 Å². The monoisotopic (exact) mass is 487 g/mol. The number of alkyl halides is 3. The number of rotatable bonds is 6. The number of fused-ring (bicyclic) bond motifs is 1. The van der Waals surface area contributed by atoms with Crippen molar-refractivity contribution in [3.05, 3.63) is 48.0 Å². The Kier molecular flexibility index (Phi) is 6.50. The smallest absolute Gasteiger partial charge is 0.422 e. The first-order valence-electron chi connectivity index (χ1n) is 9.27. The number of carbonyl (C=O) groups excluding carboxylic acids is 1. The number of thiazole rings is 1. The third-order valence-corrected chi connectivity index (χ3v) is 6.56. The van der Waals surface area contributed by atoms with E-state index in [0.717, 1.165) is 11.3 Å². The van der Waals surface area contributed by atoms with Crippen LogP contribution in [0.15, 0.2) is 47.4 Å². The normalized spacial score (nSPS) is 12.7. The summed E-state index contributed by atoms with van der Waals surface area (Å²) in [4.78, 5) is 16.8. The van der Waals surface area contributed by atoms with Gasteiger partial charge in [-0.3, -0.25) is 10.1 Å². The Labute approximate surface area is 186 Å². The molecule has 0 aliphatic rings. The molecule has 3 aromatic rings. The fraction of sp³-hybridized carbons (Fsp3) is 0.300. The molecule has 7 nitrogen and oxygen atoms in total. The van der Waals surface area contributed by atoms with Gasteiger partial charge in [-0.1, -0.05) is 11.3 Å². The molecule has 12 heteroatoms. The predicted octanol–water partition coefficient (Wildman–Crippen LogP) is 4.57. The SMILES string of the molecule is CC(C)(C)NS(=O)(=O)c1ccc(C(=O)Nc2nc3ccc(OCC(F)(F)F)cc3s2)cc1. The molecule has 3 rings (SSSR count). The number of ether oxygens (including phenoxy) is 1. The molecule has 0 saturated heterocycles. The number of hydrogen-bond donors (Lipinski definition) is 2. The maximum absolute atomic E-state index is 12.5. The van der Waals surface area contributed by atoms with Gasteiger partial charge in [-0.05, 0) is 63.2 Å². The molecule has 0 saturated carbocycles. The third-order valence-electron chi connectivity index (χ3n) is 3.85. The number of halogens is 3. The fourth-order valence-electron chi connectivity index (χ4n) is 2.63.